The fourth-order valence-electron chi connectivity index (χ4n) is 4.21. The monoisotopic (exact) mass is 442 g/mol. The molecule has 0 saturated carbocycles. The Bertz CT molecular complexity index is 1130. The van der Waals surface area contributed by atoms with Gasteiger partial charge in [-0.05, 0) is 53.8 Å². The van der Waals surface area contributed by atoms with Crippen LogP contribution in [0.4, 0.5) is 17.1 Å². The highest BCUT2D eigenvalue weighted by atomic mass is 16.2. The first-order valence-corrected chi connectivity index (χ1v) is 11.4. The average molecular weight is 443 g/mol. The molecule has 2 amide bonds. The number of nitrogens with one attached hydrogen (secondary N) is 2. The summed E-state index contributed by atoms with van der Waals surface area (Å²) >= 11 is 0. The zero-order valence-electron chi connectivity index (χ0n) is 18.9. The van der Waals surface area contributed by atoms with Crippen molar-refractivity contribution >= 4 is 28.9 Å². The van der Waals surface area contributed by atoms with Gasteiger partial charge in [-0.1, -0.05) is 55.5 Å². The van der Waals surface area contributed by atoms with Crippen LogP contribution in [-0.2, 0) is 22.6 Å². The Hall–Kier alpha value is -3.64. The second kappa shape index (κ2) is 10.3. The summed E-state index contributed by atoms with van der Waals surface area (Å²) in [5, 5.41) is 6.41. The van der Waals surface area contributed by atoms with Gasteiger partial charge in [0.2, 0.25) is 5.91 Å². The minimum Gasteiger partial charge on any atom is -0.370 e. The average Bonchev–Trinajstić information content (AvgIpc) is 3.28. The number of nitrogens with zero attached hydrogens (tertiary/aromatic N) is 1. The molecule has 1 atom stereocenters. The lowest BCUT2D eigenvalue weighted by molar-refractivity contribution is -0.117. The van der Waals surface area contributed by atoms with E-state index in [4.69, 9.17) is 5.73 Å². The molecular weight excluding hydrogens is 412 g/mol. The van der Waals surface area contributed by atoms with E-state index in [1.54, 1.807) is 0 Å². The maximum Gasteiger partial charge on any atom is 0.251 e. The second-order valence-electron chi connectivity index (χ2n) is 8.23. The highest BCUT2D eigenvalue weighted by molar-refractivity contribution is 6.00. The smallest absolute Gasteiger partial charge is 0.251 e. The van der Waals surface area contributed by atoms with Crippen LogP contribution in [0.5, 0.6) is 0 Å². The van der Waals surface area contributed by atoms with Crippen LogP contribution in [0.2, 0.25) is 0 Å². The summed E-state index contributed by atoms with van der Waals surface area (Å²) in [6, 6.07) is 22.6. The van der Waals surface area contributed by atoms with Crippen LogP contribution >= 0.6 is 0 Å². The Kier molecular flexibility index (Phi) is 7.05. The third-order valence-corrected chi connectivity index (χ3v) is 5.97. The van der Waals surface area contributed by atoms with Gasteiger partial charge in [-0.3, -0.25) is 9.59 Å². The molecule has 0 aliphatic carbocycles. The SMILES string of the molecule is CCc1ccc(NC(=O)C(Nc2cccc(CN)c2)c2ccccc2)cc1N1CCCC1=O. The molecule has 1 saturated heterocycles. The van der Waals surface area contributed by atoms with Gasteiger partial charge < -0.3 is 21.3 Å². The van der Waals surface area contributed by atoms with Gasteiger partial charge in [-0.25, -0.2) is 0 Å². The van der Waals surface area contributed by atoms with Crippen LogP contribution < -0.4 is 21.3 Å². The Labute approximate surface area is 194 Å². The van der Waals surface area contributed by atoms with Gasteiger partial charge in [-0.2, -0.15) is 0 Å². The predicted octanol–water partition coefficient (Wildman–Crippen LogP) is 4.63. The fraction of sp³-hybridized carbons (Fsp3) is 0.259. The van der Waals surface area contributed by atoms with E-state index < -0.39 is 6.04 Å². The second-order valence-corrected chi connectivity index (χ2v) is 8.23. The van der Waals surface area contributed by atoms with Crippen LogP contribution in [-0.4, -0.2) is 18.4 Å². The molecule has 1 unspecified atom stereocenters. The van der Waals surface area contributed by atoms with Crippen molar-refractivity contribution < 1.29 is 9.59 Å². The standard InChI is InChI=1S/C27H30N4O2/c1-2-20-13-14-23(17-24(20)31-15-7-12-25(31)32)30-27(33)26(21-9-4-3-5-10-21)29-22-11-6-8-19(16-22)18-28/h3-6,8-11,13-14,16-17,26,29H,2,7,12,15,18,28H2,1H3,(H,30,33). The van der Waals surface area contributed by atoms with Gasteiger partial charge in [0.1, 0.15) is 6.04 Å². The third kappa shape index (κ3) is 5.23. The zero-order valence-corrected chi connectivity index (χ0v) is 18.9. The Balaban J connectivity index is 1.61. The van der Waals surface area contributed by atoms with E-state index in [1.165, 1.54) is 0 Å². The molecule has 1 aliphatic rings. The molecule has 3 aromatic carbocycles. The van der Waals surface area contributed by atoms with Crippen LogP contribution in [0.1, 0.15) is 42.5 Å². The highest BCUT2D eigenvalue weighted by Crippen LogP contribution is 2.30. The van der Waals surface area contributed by atoms with Crippen molar-refractivity contribution in [3.63, 3.8) is 0 Å². The summed E-state index contributed by atoms with van der Waals surface area (Å²) in [7, 11) is 0. The summed E-state index contributed by atoms with van der Waals surface area (Å²) in [5.74, 6) is -0.0425. The number of benzene rings is 3. The van der Waals surface area contributed by atoms with Crippen LogP contribution in [0.3, 0.4) is 0 Å². The number of hydrogen-bond acceptors (Lipinski definition) is 4. The summed E-state index contributed by atoms with van der Waals surface area (Å²) in [6.45, 7) is 3.22. The van der Waals surface area contributed by atoms with E-state index in [2.05, 4.69) is 17.6 Å². The molecule has 4 rings (SSSR count). The lowest BCUT2D eigenvalue weighted by Crippen LogP contribution is -2.28. The molecule has 1 aliphatic heterocycles. The Morgan fingerprint density at radius 2 is 1.85 bits per heavy atom. The van der Waals surface area contributed by atoms with Crippen molar-refractivity contribution in [3.8, 4) is 0 Å². The zero-order chi connectivity index (χ0) is 23.2. The van der Waals surface area contributed by atoms with Gasteiger partial charge in [0.15, 0.2) is 0 Å². The molecule has 1 heterocycles. The van der Waals surface area contributed by atoms with E-state index in [-0.39, 0.29) is 11.8 Å². The topological polar surface area (TPSA) is 87.5 Å². The van der Waals surface area contributed by atoms with Crippen molar-refractivity contribution in [1.82, 2.24) is 0 Å². The van der Waals surface area contributed by atoms with Gasteiger partial charge in [-0.15, -0.1) is 0 Å². The maximum atomic E-state index is 13.4. The molecule has 0 bridgehead atoms. The molecule has 4 N–H and O–H groups in total. The number of amides is 2. The van der Waals surface area contributed by atoms with Gasteiger partial charge in [0, 0.05) is 36.6 Å². The number of aryl methyl sites for hydroxylation is 1. The van der Waals surface area contributed by atoms with Crippen LogP contribution in [0.15, 0.2) is 72.8 Å². The lowest BCUT2D eigenvalue weighted by Gasteiger charge is -2.23. The van der Waals surface area contributed by atoms with E-state index in [0.29, 0.717) is 18.7 Å². The predicted molar refractivity (Wildman–Crippen MR) is 133 cm³/mol. The molecule has 0 aromatic heterocycles. The first kappa shape index (κ1) is 22.6. The summed E-state index contributed by atoms with van der Waals surface area (Å²) in [4.78, 5) is 27.6. The van der Waals surface area contributed by atoms with E-state index in [0.717, 1.165) is 47.5 Å². The van der Waals surface area contributed by atoms with E-state index >= 15 is 0 Å². The quantitative estimate of drug-likeness (QED) is 0.475. The largest absolute Gasteiger partial charge is 0.370 e. The maximum absolute atomic E-state index is 13.4. The molecular formula is C27H30N4O2. The van der Waals surface area contributed by atoms with Gasteiger partial charge in [0.05, 0.1) is 0 Å². The molecule has 6 heteroatoms. The number of hydrogen-bond donors (Lipinski definition) is 3. The lowest BCUT2D eigenvalue weighted by atomic mass is 10.0. The van der Waals surface area contributed by atoms with Crippen molar-refractivity contribution in [2.24, 2.45) is 5.73 Å². The third-order valence-electron chi connectivity index (χ3n) is 5.97. The Morgan fingerprint density at radius 3 is 2.55 bits per heavy atom. The van der Waals surface area contributed by atoms with Crippen molar-refractivity contribution in [1.29, 1.82) is 0 Å². The molecule has 0 spiro atoms. The molecule has 6 nitrogen and oxygen atoms in total. The molecule has 33 heavy (non-hydrogen) atoms. The van der Waals surface area contributed by atoms with Crippen LogP contribution in [0.25, 0.3) is 0 Å². The summed E-state index contributed by atoms with van der Waals surface area (Å²) in [6.07, 6.45) is 2.25. The fourth-order valence-corrected chi connectivity index (χ4v) is 4.21. The van der Waals surface area contributed by atoms with Crippen LogP contribution in [0, 0.1) is 0 Å². The normalized spacial score (nSPS) is 14.2. The summed E-state index contributed by atoms with van der Waals surface area (Å²) < 4.78 is 0. The Morgan fingerprint density at radius 1 is 1.03 bits per heavy atom. The van der Waals surface area contributed by atoms with Crippen molar-refractivity contribution in [3.05, 3.63) is 89.5 Å². The van der Waals surface area contributed by atoms with Crippen molar-refractivity contribution in [2.75, 3.05) is 22.1 Å². The molecule has 170 valence electrons. The molecule has 3 aromatic rings. The number of carbonyl (C=O) groups excluding carboxylic acids is 2. The van der Waals surface area contributed by atoms with Gasteiger partial charge >= 0.3 is 0 Å². The summed E-state index contributed by atoms with van der Waals surface area (Å²) in [5.41, 5.74) is 11.1. The number of rotatable bonds is 8. The highest BCUT2D eigenvalue weighted by Gasteiger charge is 2.25. The molecule has 1 fully saturated rings. The minimum atomic E-state index is -0.595. The first-order chi connectivity index (χ1) is 16.1. The molecule has 0 radical (unpaired) electrons. The number of anilines is 3. The van der Waals surface area contributed by atoms with Crippen molar-refractivity contribution in [2.45, 2.75) is 38.8 Å². The van der Waals surface area contributed by atoms with E-state index in [1.807, 2.05) is 77.7 Å². The first-order valence-electron chi connectivity index (χ1n) is 11.4. The minimum absolute atomic E-state index is 0.136. The van der Waals surface area contributed by atoms with E-state index in [9.17, 15) is 9.59 Å². The van der Waals surface area contributed by atoms with Gasteiger partial charge in [0.25, 0.3) is 5.91 Å². The number of nitrogens with two attached hydrogens (primary N) is 1. The number of carbonyl (C=O) groups is 2.